The van der Waals surface area contributed by atoms with E-state index in [9.17, 15) is 10.4 Å². The molecule has 2 aliphatic rings. The maximum atomic E-state index is 9.59. The highest BCUT2D eigenvalue weighted by molar-refractivity contribution is 5.00. The average molecular weight is 172 g/mol. The average Bonchev–Trinajstić information content (AvgIpc) is 2.25. The Morgan fingerprint density at radius 1 is 1.33 bits per heavy atom. The van der Waals surface area contributed by atoms with E-state index < -0.39 is 0 Å². The molecule has 70 valence electrons. The van der Waals surface area contributed by atoms with Crippen LogP contribution in [0.2, 0.25) is 0 Å². The van der Waals surface area contributed by atoms with E-state index in [1.807, 2.05) is 6.92 Å². The van der Waals surface area contributed by atoms with Gasteiger partial charge in [-0.15, -0.1) is 0 Å². The minimum Gasteiger partial charge on any atom is -0.312 e. The predicted molar refractivity (Wildman–Crippen MR) is 42.8 cm³/mol. The lowest BCUT2D eigenvalue weighted by molar-refractivity contribution is -0.169. The fourth-order valence-electron chi connectivity index (χ4n) is 2.47. The van der Waals surface area contributed by atoms with Gasteiger partial charge in [-0.2, -0.15) is 10.1 Å². The lowest BCUT2D eigenvalue weighted by Crippen LogP contribution is -2.49. The smallest absolute Gasteiger partial charge is 0.101 e. The van der Waals surface area contributed by atoms with Crippen molar-refractivity contribution >= 4 is 0 Å². The summed E-state index contributed by atoms with van der Waals surface area (Å²) in [6, 6.07) is 0.122. The summed E-state index contributed by atoms with van der Waals surface area (Å²) in [7, 11) is 0. The summed E-state index contributed by atoms with van der Waals surface area (Å²) in [5, 5.41) is 21.6. The van der Waals surface area contributed by atoms with Gasteiger partial charge in [0.2, 0.25) is 0 Å². The topological polar surface area (TPSA) is 46.9 Å². The van der Waals surface area contributed by atoms with Crippen molar-refractivity contribution in [1.29, 1.82) is 0 Å². The molecular formula is C8H16N2O2. The lowest BCUT2D eigenvalue weighted by Gasteiger charge is -2.38. The third kappa shape index (κ3) is 0.992. The largest absolute Gasteiger partial charge is 0.312 e. The third-order valence-electron chi connectivity index (χ3n) is 3.36. The minimum absolute atomic E-state index is 0.122. The van der Waals surface area contributed by atoms with Gasteiger partial charge in [0.15, 0.2) is 0 Å². The van der Waals surface area contributed by atoms with Crippen LogP contribution in [0.25, 0.3) is 0 Å². The van der Waals surface area contributed by atoms with E-state index >= 15 is 0 Å². The standard InChI is InChI=1S/C8H16N2O2/c1-8-5-3-2-4-7(8)9(11)6-10(8)12/h7,11-12H,2-6H2,1H3/t7-,8+/m1/s1. The van der Waals surface area contributed by atoms with E-state index in [4.69, 9.17) is 0 Å². The van der Waals surface area contributed by atoms with E-state index in [0.29, 0.717) is 0 Å². The van der Waals surface area contributed by atoms with E-state index in [2.05, 4.69) is 0 Å². The number of rotatable bonds is 0. The van der Waals surface area contributed by atoms with Crippen molar-refractivity contribution < 1.29 is 10.4 Å². The Labute approximate surface area is 72.3 Å². The third-order valence-corrected chi connectivity index (χ3v) is 3.36. The summed E-state index contributed by atoms with van der Waals surface area (Å²) in [6.07, 6.45) is 4.28. The van der Waals surface area contributed by atoms with Gasteiger partial charge in [-0.25, -0.2) is 0 Å². The molecule has 1 aliphatic carbocycles. The molecule has 2 N–H and O–H groups in total. The number of hydrogen-bond acceptors (Lipinski definition) is 4. The first-order valence-electron chi connectivity index (χ1n) is 4.56. The first-order chi connectivity index (χ1) is 5.64. The zero-order valence-corrected chi connectivity index (χ0v) is 7.40. The molecule has 0 radical (unpaired) electrons. The van der Waals surface area contributed by atoms with Crippen LogP contribution in [0.4, 0.5) is 0 Å². The van der Waals surface area contributed by atoms with Gasteiger partial charge in [-0.3, -0.25) is 0 Å². The van der Waals surface area contributed by atoms with Crippen molar-refractivity contribution in [1.82, 2.24) is 10.1 Å². The Kier molecular flexibility index (Phi) is 1.88. The van der Waals surface area contributed by atoms with Crippen molar-refractivity contribution in [3.63, 3.8) is 0 Å². The molecule has 2 atom stereocenters. The van der Waals surface area contributed by atoms with Crippen LogP contribution < -0.4 is 0 Å². The minimum atomic E-state index is -0.215. The summed E-state index contributed by atoms with van der Waals surface area (Å²) >= 11 is 0. The van der Waals surface area contributed by atoms with Crippen LogP contribution >= 0.6 is 0 Å². The van der Waals surface area contributed by atoms with Crippen LogP contribution in [0.15, 0.2) is 0 Å². The van der Waals surface area contributed by atoms with Crippen molar-refractivity contribution in [3.05, 3.63) is 0 Å². The van der Waals surface area contributed by atoms with Crippen LogP contribution in [0.3, 0.4) is 0 Å². The SMILES string of the molecule is C[C@]12CCCC[C@H]1N(O)CN2O. The van der Waals surface area contributed by atoms with Gasteiger partial charge in [-0.05, 0) is 19.8 Å². The zero-order chi connectivity index (χ0) is 8.77. The molecule has 4 nitrogen and oxygen atoms in total. The summed E-state index contributed by atoms with van der Waals surface area (Å²) in [6.45, 7) is 2.29. The van der Waals surface area contributed by atoms with Crippen molar-refractivity contribution in [2.75, 3.05) is 6.67 Å². The Balaban J connectivity index is 2.21. The van der Waals surface area contributed by atoms with E-state index in [1.54, 1.807) is 0 Å². The molecule has 12 heavy (non-hydrogen) atoms. The Hall–Kier alpha value is -0.160. The zero-order valence-electron chi connectivity index (χ0n) is 7.40. The summed E-state index contributed by atoms with van der Waals surface area (Å²) < 4.78 is 0. The summed E-state index contributed by atoms with van der Waals surface area (Å²) in [5.74, 6) is 0. The second-order valence-electron chi connectivity index (χ2n) is 4.10. The number of hydrogen-bond donors (Lipinski definition) is 2. The number of hydroxylamine groups is 4. The van der Waals surface area contributed by atoms with Crippen molar-refractivity contribution in [2.24, 2.45) is 0 Å². The molecular weight excluding hydrogens is 156 g/mol. The quantitative estimate of drug-likeness (QED) is 0.573. The molecule has 1 saturated heterocycles. The second kappa shape index (κ2) is 2.67. The van der Waals surface area contributed by atoms with E-state index in [0.717, 1.165) is 25.7 Å². The van der Waals surface area contributed by atoms with Gasteiger partial charge in [0.1, 0.15) is 6.67 Å². The van der Waals surface area contributed by atoms with Gasteiger partial charge in [0, 0.05) is 0 Å². The molecule has 0 spiro atoms. The number of nitrogens with zero attached hydrogens (tertiary/aromatic N) is 2. The first-order valence-corrected chi connectivity index (χ1v) is 4.56. The highest BCUT2D eigenvalue weighted by Gasteiger charge is 2.50. The van der Waals surface area contributed by atoms with Crippen LogP contribution in [0, 0.1) is 0 Å². The molecule has 0 aromatic rings. The van der Waals surface area contributed by atoms with E-state index in [-0.39, 0.29) is 18.2 Å². The normalized spacial score (nSPS) is 44.8. The van der Waals surface area contributed by atoms with Gasteiger partial charge in [-0.1, -0.05) is 12.8 Å². The molecule has 0 amide bonds. The first kappa shape index (κ1) is 8.44. The molecule has 1 heterocycles. The summed E-state index contributed by atoms with van der Waals surface area (Å²) in [5.41, 5.74) is -0.215. The van der Waals surface area contributed by atoms with Gasteiger partial charge < -0.3 is 10.4 Å². The molecule has 0 aromatic carbocycles. The monoisotopic (exact) mass is 172 g/mol. The lowest BCUT2D eigenvalue weighted by atomic mass is 9.80. The van der Waals surface area contributed by atoms with Crippen LogP contribution in [-0.4, -0.2) is 38.8 Å². The molecule has 4 heteroatoms. The fraction of sp³-hybridized carbons (Fsp3) is 1.00. The van der Waals surface area contributed by atoms with Crippen molar-refractivity contribution in [2.45, 2.75) is 44.2 Å². The maximum Gasteiger partial charge on any atom is 0.101 e. The molecule has 2 rings (SSSR count). The second-order valence-corrected chi connectivity index (χ2v) is 4.10. The molecule has 0 unspecified atom stereocenters. The van der Waals surface area contributed by atoms with Crippen LogP contribution in [-0.2, 0) is 0 Å². The van der Waals surface area contributed by atoms with Gasteiger partial charge >= 0.3 is 0 Å². The number of fused-ring (bicyclic) bond motifs is 1. The van der Waals surface area contributed by atoms with Crippen LogP contribution in [0.5, 0.6) is 0 Å². The molecule has 2 fully saturated rings. The van der Waals surface area contributed by atoms with Crippen molar-refractivity contribution in [3.8, 4) is 0 Å². The predicted octanol–water partition coefficient (Wildman–Crippen LogP) is 1.04. The molecule has 1 aliphatic heterocycles. The fourth-order valence-corrected chi connectivity index (χ4v) is 2.47. The Morgan fingerprint density at radius 2 is 2.08 bits per heavy atom. The van der Waals surface area contributed by atoms with E-state index in [1.165, 1.54) is 10.1 Å². The highest BCUT2D eigenvalue weighted by atomic mass is 16.6. The van der Waals surface area contributed by atoms with Gasteiger partial charge in [0.05, 0.1) is 11.6 Å². The highest BCUT2D eigenvalue weighted by Crippen LogP contribution is 2.39. The Morgan fingerprint density at radius 3 is 2.75 bits per heavy atom. The molecule has 0 bridgehead atoms. The molecule has 1 saturated carbocycles. The van der Waals surface area contributed by atoms with Crippen LogP contribution in [0.1, 0.15) is 32.6 Å². The Bertz CT molecular complexity index is 188. The maximum absolute atomic E-state index is 9.59. The van der Waals surface area contributed by atoms with Gasteiger partial charge in [0.25, 0.3) is 0 Å². The summed E-state index contributed by atoms with van der Waals surface area (Å²) in [4.78, 5) is 0. The molecule has 0 aromatic heterocycles.